The van der Waals surface area contributed by atoms with Gasteiger partial charge in [-0.25, -0.2) is 9.97 Å². The van der Waals surface area contributed by atoms with E-state index in [0.717, 1.165) is 27.9 Å². The molecule has 154 valence electrons. The zero-order valence-electron chi connectivity index (χ0n) is 17.7. The molecule has 0 saturated heterocycles. The SMILES string of the molecule is Cc1ccc(-c2cnc(Oc3ccc(C(=O)Nc4ccc(C)cc4C)cc3)nc2)cc1. The highest BCUT2D eigenvalue weighted by Crippen LogP contribution is 2.23. The molecule has 0 fully saturated rings. The van der Waals surface area contributed by atoms with Crippen molar-refractivity contribution in [1.29, 1.82) is 0 Å². The minimum Gasteiger partial charge on any atom is -0.424 e. The summed E-state index contributed by atoms with van der Waals surface area (Å²) in [6.07, 6.45) is 3.47. The number of amides is 1. The van der Waals surface area contributed by atoms with Crippen molar-refractivity contribution in [2.45, 2.75) is 20.8 Å². The van der Waals surface area contributed by atoms with E-state index in [4.69, 9.17) is 4.74 Å². The lowest BCUT2D eigenvalue weighted by Crippen LogP contribution is -2.12. The Morgan fingerprint density at radius 2 is 1.42 bits per heavy atom. The summed E-state index contributed by atoms with van der Waals surface area (Å²) in [7, 11) is 0. The fraction of sp³-hybridized carbons (Fsp3) is 0.115. The van der Waals surface area contributed by atoms with E-state index in [1.54, 1.807) is 36.7 Å². The van der Waals surface area contributed by atoms with Crippen LogP contribution in [-0.4, -0.2) is 15.9 Å². The largest absolute Gasteiger partial charge is 0.424 e. The highest BCUT2D eigenvalue weighted by atomic mass is 16.5. The smallest absolute Gasteiger partial charge is 0.321 e. The highest BCUT2D eigenvalue weighted by Gasteiger charge is 2.09. The van der Waals surface area contributed by atoms with Crippen molar-refractivity contribution >= 4 is 11.6 Å². The van der Waals surface area contributed by atoms with E-state index in [-0.39, 0.29) is 11.9 Å². The monoisotopic (exact) mass is 409 g/mol. The number of carbonyl (C=O) groups is 1. The van der Waals surface area contributed by atoms with Gasteiger partial charge in [-0.1, -0.05) is 47.5 Å². The molecular formula is C26H23N3O2. The van der Waals surface area contributed by atoms with Gasteiger partial charge in [0.1, 0.15) is 5.75 Å². The average molecular weight is 409 g/mol. The fourth-order valence-corrected chi connectivity index (χ4v) is 3.19. The van der Waals surface area contributed by atoms with Crippen molar-refractivity contribution in [3.8, 4) is 22.9 Å². The number of anilines is 1. The van der Waals surface area contributed by atoms with E-state index in [9.17, 15) is 4.79 Å². The molecule has 1 N–H and O–H groups in total. The van der Waals surface area contributed by atoms with Gasteiger partial charge in [0.15, 0.2) is 0 Å². The summed E-state index contributed by atoms with van der Waals surface area (Å²) in [5.74, 6) is 0.392. The Morgan fingerprint density at radius 3 is 2.06 bits per heavy atom. The first-order valence-electron chi connectivity index (χ1n) is 10.0. The molecule has 5 heteroatoms. The lowest BCUT2D eigenvalue weighted by Gasteiger charge is -2.10. The number of rotatable bonds is 5. The first kappa shape index (κ1) is 20.3. The van der Waals surface area contributed by atoms with Crippen LogP contribution >= 0.6 is 0 Å². The highest BCUT2D eigenvalue weighted by molar-refractivity contribution is 6.04. The van der Waals surface area contributed by atoms with E-state index in [0.29, 0.717) is 11.3 Å². The maximum Gasteiger partial charge on any atom is 0.321 e. The standard InChI is InChI=1S/C26H23N3O2/c1-17-4-7-20(8-5-17)22-15-27-26(28-16-22)31-23-11-9-21(10-12-23)25(30)29-24-13-6-18(2)14-19(24)3/h4-16H,1-3H3,(H,29,30). The van der Waals surface area contributed by atoms with Crippen LogP contribution in [0.15, 0.2) is 79.1 Å². The Hall–Kier alpha value is -3.99. The fourth-order valence-electron chi connectivity index (χ4n) is 3.19. The van der Waals surface area contributed by atoms with Crippen LogP contribution in [0.5, 0.6) is 11.8 Å². The number of carbonyl (C=O) groups excluding carboxylic acids is 1. The predicted molar refractivity (Wildman–Crippen MR) is 123 cm³/mol. The van der Waals surface area contributed by atoms with Crippen LogP contribution in [0, 0.1) is 20.8 Å². The van der Waals surface area contributed by atoms with Crippen molar-refractivity contribution in [1.82, 2.24) is 9.97 Å². The number of nitrogens with one attached hydrogen (secondary N) is 1. The Kier molecular flexibility index (Phi) is 5.76. The second-order valence-electron chi connectivity index (χ2n) is 7.52. The summed E-state index contributed by atoms with van der Waals surface area (Å²) in [4.78, 5) is 21.1. The minimum absolute atomic E-state index is 0.169. The number of ether oxygens (including phenoxy) is 1. The molecule has 0 aliphatic heterocycles. The number of aromatic nitrogens is 2. The summed E-state index contributed by atoms with van der Waals surface area (Å²) in [6.45, 7) is 6.05. The topological polar surface area (TPSA) is 64.1 Å². The molecule has 0 radical (unpaired) electrons. The van der Waals surface area contributed by atoms with E-state index in [1.165, 1.54) is 5.56 Å². The maximum absolute atomic E-state index is 12.5. The molecule has 5 nitrogen and oxygen atoms in total. The van der Waals surface area contributed by atoms with Gasteiger partial charge < -0.3 is 10.1 Å². The Morgan fingerprint density at radius 1 is 0.774 bits per heavy atom. The Bertz CT molecular complexity index is 1200. The summed E-state index contributed by atoms with van der Waals surface area (Å²) < 4.78 is 5.72. The van der Waals surface area contributed by atoms with Crippen molar-refractivity contribution in [3.63, 3.8) is 0 Å². The lowest BCUT2D eigenvalue weighted by molar-refractivity contribution is 0.102. The van der Waals surface area contributed by atoms with Crippen LogP contribution in [0.2, 0.25) is 0 Å². The van der Waals surface area contributed by atoms with Gasteiger partial charge in [-0.05, 0) is 62.2 Å². The number of hydrogen-bond donors (Lipinski definition) is 1. The summed E-state index contributed by atoms with van der Waals surface area (Å²) in [5.41, 5.74) is 6.71. The molecule has 31 heavy (non-hydrogen) atoms. The molecule has 0 aliphatic carbocycles. The second kappa shape index (κ2) is 8.79. The molecule has 0 aliphatic rings. The van der Waals surface area contributed by atoms with E-state index in [1.807, 2.05) is 44.2 Å². The van der Waals surface area contributed by atoms with Crippen molar-refractivity contribution < 1.29 is 9.53 Å². The summed E-state index contributed by atoms with van der Waals surface area (Å²) in [5, 5.41) is 2.94. The van der Waals surface area contributed by atoms with E-state index < -0.39 is 0 Å². The van der Waals surface area contributed by atoms with Crippen molar-refractivity contribution in [2.24, 2.45) is 0 Å². The zero-order valence-corrected chi connectivity index (χ0v) is 17.7. The number of benzene rings is 3. The van der Waals surface area contributed by atoms with E-state index in [2.05, 4.69) is 34.3 Å². The molecule has 3 aromatic carbocycles. The Balaban J connectivity index is 1.41. The molecule has 4 rings (SSSR count). The van der Waals surface area contributed by atoms with Gasteiger partial charge in [0.2, 0.25) is 0 Å². The van der Waals surface area contributed by atoms with Gasteiger partial charge in [0.05, 0.1) is 0 Å². The molecule has 4 aromatic rings. The normalized spacial score (nSPS) is 10.5. The third kappa shape index (κ3) is 4.95. The first-order valence-corrected chi connectivity index (χ1v) is 10.0. The molecular weight excluding hydrogens is 386 g/mol. The molecule has 1 aromatic heterocycles. The summed E-state index contributed by atoms with van der Waals surface area (Å²) in [6, 6.07) is 21.3. The molecule has 0 atom stereocenters. The van der Waals surface area contributed by atoms with Crippen LogP contribution in [-0.2, 0) is 0 Å². The zero-order chi connectivity index (χ0) is 21.8. The number of hydrogen-bond acceptors (Lipinski definition) is 4. The van der Waals surface area contributed by atoms with Gasteiger partial charge in [0, 0.05) is 29.2 Å². The van der Waals surface area contributed by atoms with Gasteiger partial charge >= 0.3 is 6.01 Å². The van der Waals surface area contributed by atoms with Gasteiger partial charge in [-0.15, -0.1) is 0 Å². The molecule has 1 amide bonds. The molecule has 0 unspecified atom stereocenters. The number of aryl methyl sites for hydroxylation is 3. The minimum atomic E-state index is -0.169. The second-order valence-corrected chi connectivity index (χ2v) is 7.52. The van der Waals surface area contributed by atoms with Crippen LogP contribution in [0.4, 0.5) is 5.69 Å². The van der Waals surface area contributed by atoms with Crippen LogP contribution in [0.3, 0.4) is 0 Å². The summed E-state index contributed by atoms with van der Waals surface area (Å²) >= 11 is 0. The van der Waals surface area contributed by atoms with Crippen LogP contribution in [0.25, 0.3) is 11.1 Å². The molecule has 0 saturated carbocycles. The third-order valence-electron chi connectivity index (χ3n) is 4.97. The van der Waals surface area contributed by atoms with Gasteiger partial charge in [-0.2, -0.15) is 0 Å². The van der Waals surface area contributed by atoms with Crippen molar-refractivity contribution in [2.75, 3.05) is 5.32 Å². The maximum atomic E-state index is 12.5. The van der Waals surface area contributed by atoms with Crippen molar-refractivity contribution in [3.05, 3.63) is 101 Å². The molecule has 0 spiro atoms. The van der Waals surface area contributed by atoms with Gasteiger partial charge in [0.25, 0.3) is 5.91 Å². The van der Waals surface area contributed by atoms with Crippen LogP contribution < -0.4 is 10.1 Å². The van der Waals surface area contributed by atoms with Gasteiger partial charge in [-0.3, -0.25) is 4.79 Å². The lowest BCUT2D eigenvalue weighted by atomic mass is 10.1. The molecule has 1 heterocycles. The average Bonchev–Trinajstić information content (AvgIpc) is 2.77. The predicted octanol–water partition coefficient (Wildman–Crippen LogP) is 6.11. The molecule has 0 bridgehead atoms. The van der Waals surface area contributed by atoms with E-state index >= 15 is 0 Å². The van der Waals surface area contributed by atoms with Crippen LogP contribution in [0.1, 0.15) is 27.0 Å². The third-order valence-corrected chi connectivity index (χ3v) is 4.97. The quantitative estimate of drug-likeness (QED) is 0.432. The number of nitrogens with zero attached hydrogens (tertiary/aromatic N) is 2. The first-order chi connectivity index (χ1) is 15.0. The Labute approximate surface area is 181 Å².